The van der Waals surface area contributed by atoms with Gasteiger partial charge >= 0.3 is 6.09 Å². The molecule has 148 valence electrons. The molecule has 1 rings (SSSR count). The molecule has 26 heavy (non-hydrogen) atoms. The summed E-state index contributed by atoms with van der Waals surface area (Å²) in [4.78, 5) is 27.2. The number of furan rings is 1. The predicted octanol–water partition coefficient (Wildman–Crippen LogP) is 1.32. The van der Waals surface area contributed by atoms with E-state index < -0.39 is 11.7 Å². The van der Waals surface area contributed by atoms with Crippen molar-refractivity contribution in [2.45, 2.75) is 26.4 Å². The van der Waals surface area contributed by atoms with E-state index in [1.54, 1.807) is 40.0 Å². The Bertz CT molecular complexity index is 570. The molecule has 0 saturated heterocycles. The molecule has 9 nitrogen and oxygen atoms in total. The minimum atomic E-state index is -0.519. The lowest BCUT2D eigenvalue weighted by molar-refractivity contribution is 0.0528. The highest BCUT2D eigenvalue weighted by atomic mass is 127. The minimum Gasteiger partial charge on any atom is -0.459 e. The molecule has 0 atom stereocenters. The van der Waals surface area contributed by atoms with Gasteiger partial charge in [-0.15, -0.1) is 24.0 Å². The molecular weight excluding hydrogens is 453 g/mol. The smallest absolute Gasteiger partial charge is 0.407 e. The van der Waals surface area contributed by atoms with Gasteiger partial charge in [0.2, 0.25) is 0 Å². The van der Waals surface area contributed by atoms with Gasteiger partial charge in [0.15, 0.2) is 11.7 Å². The fraction of sp³-hybridized carbons (Fsp3) is 0.562. The van der Waals surface area contributed by atoms with Gasteiger partial charge in [-0.3, -0.25) is 9.79 Å². The van der Waals surface area contributed by atoms with Crippen LogP contribution < -0.4 is 21.3 Å². The van der Waals surface area contributed by atoms with Crippen LogP contribution in [0.4, 0.5) is 4.79 Å². The third-order valence-corrected chi connectivity index (χ3v) is 2.76. The topological polar surface area (TPSA) is 117 Å². The number of nitrogens with zero attached hydrogens (tertiary/aromatic N) is 1. The summed E-state index contributed by atoms with van der Waals surface area (Å²) in [5.41, 5.74) is -0.519. The second kappa shape index (κ2) is 12.4. The number of nitrogens with one attached hydrogen (secondary N) is 4. The quantitative estimate of drug-likeness (QED) is 0.202. The largest absolute Gasteiger partial charge is 0.459 e. The highest BCUT2D eigenvalue weighted by Gasteiger charge is 2.15. The summed E-state index contributed by atoms with van der Waals surface area (Å²) in [6.07, 6.45) is 0.988. The average Bonchev–Trinajstić information content (AvgIpc) is 3.06. The van der Waals surface area contributed by atoms with Crippen molar-refractivity contribution in [2.24, 2.45) is 4.99 Å². The van der Waals surface area contributed by atoms with Gasteiger partial charge in [-0.05, 0) is 32.9 Å². The van der Waals surface area contributed by atoms with E-state index in [-0.39, 0.29) is 35.6 Å². The molecule has 0 radical (unpaired) electrons. The molecule has 1 aromatic heterocycles. The molecule has 0 bridgehead atoms. The van der Waals surface area contributed by atoms with E-state index in [1.165, 1.54) is 6.26 Å². The molecule has 0 aliphatic heterocycles. The number of halogens is 1. The molecule has 4 N–H and O–H groups in total. The molecule has 0 unspecified atom stereocenters. The summed E-state index contributed by atoms with van der Waals surface area (Å²) in [5.74, 6) is 0.574. The average molecular weight is 481 g/mol. The van der Waals surface area contributed by atoms with Gasteiger partial charge in [-0.1, -0.05) is 0 Å². The van der Waals surface area contributed by atoms with Crippen LogP contribution in [0.25, 0.3) is 0 Å². The van der Waals surface area contributed by atoms with Crippen molar-refractivity contribution in [3.63, 3.8) is 0 Å². The maximum atomic E-state index is 11.7. The first-order chi connectivity index (χ1) is 11.8. The minimum absolute atomic E-state index is 0. The van der Waals surface area contributed by atoms with Crippen LogP contribution in [-0.4, -0.2) is 56.8 Å². The molecule has 0 fully saturated rings. The molecule has 1 aromatic rings. The number of hydrogen-bond donors (Lipinski definition) is 4. The first-order valence-corrected chi connectivity index (χ1v) is 8.05. The molecule has 1 heterocycles. The number of hydrogen-bond acceptors (Lipinski definition) is 5. The van der Waals surface area contributed by atoms with E-state index in [4.69, 9.17) is 9.15 Å². The summed E-state index contributed by atoms with van der Waals surface area (Å²) in [6, 6.07) is 3.26. The lowest BCUT2D eigenvalue weighted by atomic mass is 10.2. The maximum Gasteiger partial charge on any atom is 0.407 e. The third kappa shape index (κ3) is 10.8. The van der Waals surface area contributed by atoms with Crippen LogP contribution in [0.5, 0.6) is 0 Å². The fourth-order valence-corrected chi connectivity index (χ4v) is 1.73. The summed E-state index contributed by atoms with van der Waals surface area (Å²) in [6.45, 7) is 7.20. The Balaban J connectivity index is 0.00000625. The Hall–Kier alpha value is -1.98. The Kier molecular flexibility index (Phi) is 11.4. The van der Waals surface area contributed by atoms with Gasteiger partial charge in [-0.2, -0.15) is 0 Å². The second-order valence-electron chi connectivity index (χ2n) is 6.09. The number of carbonyl (C=O) groups excluding carboxylic acids is 2. The number of amides is 2. The van der Waals surface area contributed by atoms with E-state index in [2.05, 4.69) is 26.3 Å². The standard InChI is InChI=1S/C16H27N5O4.HI/c1-16(2,3)25-15(23)21-10-9-20-14(17-4)19-8-7-18-13(22)12-6-5-11-24-12;/h5-6,11H,7-10H2,1-4H3,(H,18,22)(H,21,23)(H2,17,19,20);1H. The SMILES string of the molecule is CN=C(NCCNC(=O)OC(C)(C)C)NCCNC(=O)c1ccco1.I. The number of guanidine groups is 1. The van der Waals surface area contributed by atoms with Gasteiger partial charge in [0, 0.05) is 33.2 Å². The second-order valence-corrected chi connectivity index (χ2v) is 6.09. The molecule has 10 heteroatoms. The summed E-state index contributed by atoms with van der Waals surface area (Å²) >= 11 is 0. The number of rotatable bonds is 7. The van der Waals surface area contributed by atoms with E-state index in [1.807, 2.05) is 0 Å². The first kappa shape index (κ1) is 24.0. The van der Waals surface area contributed by atoms with E-state index in [0.29, 0.717) is 32.1 Å². The number of aliphatic imine (C=N–C) groups is 1. The number of alkyl carbamates (subject to hydrolysis) is 1. The molecule has 0 aromatic carbocycles. The summed E-state index contributed by atoms with van der Waals surface area (Å²) in [5, 5.41) is 11.4. The van der Waals surface area contributed by atoms with Crippen LogP contribution in [0.2, 0.25) is 0 Å². The Labute approximate surface area is 170 Å². The molecule has 2 amide bonds. The van der Waals surface area contributed by atoms with Crippen molar-refractivity contribution in [3.05, 3.63) is 24.2 Å². The Morgan fingerprint density at radius 2 is 1.65 bits per heavy atom. The van der Waals surface area contributed by atoms with Crippen molar-refractivity contribution < 1.29 is 18.7 Å². The van der Waals surface area contributed by atoms with Gasteiger partial charge in [0.05, 0.1) is 6.26 Å². The highest BCUT2D eigenvalue weighted by Crippen LogP contribution is 2.05. The fourth-order valence-electron chi connectivity index (χ4n) is 1.73. The Morgan fingerprint density at radius 3 is 2.15 bits per heavy atom. The van der Waals surface area contributed by atoms with E-state index in [9.17, 15) is 9.59 Å². The van der Waals surface area contributed by atoms with Crippen LogP contribution in [-0.2, 0) is 4.74 Å². The number of carbonyl (C=O) groups is 2. The zero-order valence-corrected chi connectivity index (χ0v) is 17.9. The normalized spacial score (nSPS) is 11.2. The lowest BCUT2D eigenvalue weighted by Gasteiger charge is -2.19. The third-order valence-electron chi connectivity index (χ3n) is 2.76. The molecule has 0 aliphatic carbocycles. The zero-order chi connectivity index (χ0) is 18.7. The van der Waals surface area contributed by atoms with Crippen molar-refractivity contribution in [2.75, 3.05) is 33.2 Å². The highest BCUT2D eigenvalue weighted by molar-refractivity contribution is 14.0. The molecule has 0 aliphatic rings. The van der Waals surface area contributed by atoms with Gasteiger partial charge in [-0.25, -0.2) is 4.79 Å². The molecular formula is C16H28IN5O4. The van der Waals surface area contributed by atoms with Crippen molar-refractivity contribution >= 4 is 41.9 Å². The Morgan fingerprint density at radius 1 is 1.08 bits per heavy atom. The van der Waals surface area contributed by atoms with Crippen LogP contribution in [0.3, 0.4) is 0 Å². The zero-order valence-electron chi connectivity index (χ0n) is 15.5. The van der Waals surface area contributed by atoms with Crippen LogP contribution in [0.1, 0.15) is 31.3 Å². The van der Waals surface area contributed by atoms with Crippen LogP contribution >= 0.6 is 24.0 Å². The van der Waals surface area contributed by atoms with Gasteiger partial charge in [0.1, 0.15) is 5.60 Å². The van der Waals surface area contributed by atoms with Crippen molar-refractivity contribution in [3.8, 4) is 0 Å². The predicted molar refractivity (Wildman–Crippen MR) is 110 cm³/mol. The summed E-state index contributed by atoms with van der Waals surface area (Å²) in [7, 11) is 1.64. The van der Waals surface area contributed by atoms with Gasteiger partial charge < -0.3 is 30.4 Å². The van der Waals surface area contributed by atoms with Crippen molar-refractivity contribution in [1.29, 1.82) is 0 Å². The summed E-state index contributed by atoms with van der Waals surface area (Å²) < 4.78 is 10.1. The van der Waals surface area contributed by atoms with Crippen LogP contribution in [0.15, 0.2) is 27.8 Å². The number of ether oxygens (including phenoxy) is 1. The lowest BCUT2D eigenvalue weighted by Crippen LogP contribution is -2.44. The van der Waals surface area contributed by atoms with Gasteiger partial charge in [0.25, 0.3) is 5.91 Å². The maximum absolute atomic E-state index is 11.7. The first-order valence-electron chi connectivity index (χ1n) is 8.05. The molecule has 0 saturated carbocycles. The van der Waals surface area contributed by atoms with Crippen molar-refractivity contribution in [1.82, 2.24) is 21.3 Å². The van der Waals surface area contributed by atoms with E-state index in [0.717, 1.165) is 0 Å². The van der Waals surface area contributed by atoms with E-state index >= 15 is 0 Å². The monoisotopic (exact) mass is 481 g/mol. The molecule has 0 spiro atoms. The van der Waals surface area contributed by atoms with Crippen LogP contribution in [0, 0.1) is 0 Å².